The van der Waals surface area contributed by atoms with E-state index in [0.29, 0.717) is 0 Å². The van der Waals surface area contributed by atoms with Crippen molar-refractivity contribution in [2.45, 2.75) is 18.2 Å². The number of rotatable bonds is 6. The molecule has 0 saturated heterocycles. The van der Waals surface area contributed by atoms with Crippen LogP contribution in [0.1, 0.15) is 12.0 Å². The maximum atomic E-state index is 11.9. The van der Waals surface area contributed by atoms with E-state index in [1.807, 2.05) is 6.92 Å². The minimum atomic E-state index is -3.70. The molecule has 0 saturated carbocycles. The Kier molecular flexibility index (Phi) is 4.94. The largest absolute Gasteiger partial charge is 0.398 e. The Hall–Kier alpha value is -1.12. The van der Waals surface area contributed by atoms with Gasteiger partial charge in [0, 0.05) is 12.8 Å². The van der Waals surface area contributed by atoms with Crippen molar-refractivity contribution >= 4 is 25.5 Å². The van der Waals surface area contributed by atoms with Gasteiger partial charge in [-0.05, 0) is 31.0 Å². The van der Waals surface area contributed by atoms with Crippen LogP contribution in [0.15, 0.2) is 23.1 Å². The number of hydrogen-bond acceptors (Lipinski definition) is 5. The Morgan fingerprint density at radius 2 is 1.84 bits per heavy atom. The van der Waals surface area contributed by atoms with Crippen LogP contribution in [0.2, 0.25) is 0 Å². The van der Waals surface area contributed by atoms with Crippen molar-refractivity contribution < 1.29 is 16.8 Å². The van der Waals surface area contributed by atoms with Crippen LogP contribution < -0.4 is 10.5 Å². The van der Waals surface area contributed by atoms with E-state index >= 15 is 0 Å². The molecule has 0 radical (unpaired) electrons. The predicted octanol–water partition coefficient (Wildman–Crippen LogP) is 0.290. The zero-order valence-corrected chi connectivity index (χ0v) is 12.5. The van der Waals surface area contributed by atoms with Crippen molar-refractivity contribution in [2.75, 3.05) is 24.3 Å². The lowest BCUT2D eigenvalue weighted by Crippen LogP contribution is -2.26. The number of sulfone groups is 1. The van der Waals surface area contributed by atoms with Gasteiger partial charge in [0.05, 0.1) is 11.4 Å². The van der Waals surface area contributed by atoms with Crippen LogP contribution in [0, 0.1) is 6.92 Å². The molecule has 0 aliphatic rings. The standard InChI is InChI=1S/C11H18N2O4S2/c1-9-4-5-11(10(12)8-9)19(16,17)13-6-3-7-18(2,14)15/h4-5,8,13H,3,6-7,12H2,1-2H3. The average molecular weight is 306 g/mol. The third-order valence-electron chi connectivity index (χ3n) is 2.44. The molecule has 0 atom stereocenters. The maximum Gasteiger partial charge on any atom is 0.242 e. The second kappa shape index (κ2) is 5.89. The summed E-state index contributed by atoms with van der Waals surface area (Å²) in [5.41, 5.74) is 6.71. The summed E-state index contributed by atoms with van der Waals surface area (Å²) < 4.78 is 48.1. The van der Waals surface area contributed by atoms with Crippen molar-refractivity contribution in [3.05, 3.63) is 23.8 Å². The number of hydrogen-bond donors (Lipinski definition) is 2. The van der Waals surface area contributed by atoms with Crippen LogP contribution in [0.4, 0.5) is 5.69 Å². The normalized spacial score (nSPS) is 12.5. The van der Waals surface area contributed by atoms with Crippen LogP contribution >= 0.6 is 0 Å². The van der Waals surface area contributed by atoms with E-state index in [9.17, 15) is 16.8 Å². The molecule has 3 N–H and O–H groups in total. The highest BCUT2D eigenvalue weighted by Gasteiger charge is 2.16. The first-order valence-corrected chi connectivity index (χ1v) is 9.20. The van der Waals surface area contributed by atoms with Gasteiger partial charge in [-0.1, -0.05) is 6.07 Å². The van der Waals surface area contributed by atoms with E-state index in [1.165, 1.54) is 6.07 Å². The molecule has 0 spiro atoms. The van der Waals surface area contributed by atoms with Gasteiger partial charge >= 0.3 is 0 Å². The first-order valence-electron chi connectivity index (χ1n) is 5.65. The van der Waals surface area contributed by atoms with Crippen molar-refractivity contribution in [1.29, 1.82) is 0 Å². The van der Waals surface area contributed by atoms with Gasteiger partial charge in [-0.3, -0.25) is 0 Å². The summed E-state index contributed by atoms with van der Waals surface area (Å²) in [6.07, 6.45) is 1.34. The van der Waals surface area contributed by atoms with Crippen LogP contribution in [0.5, 0.6) is 0 Å². The van der Waals surface area contributed by atoms with Crippen molar-refractivity contribution in [2.24, 2.45) is 0 Å². The minimum Gasteiger partial charge on any atom is -0.398 e. The number of aryl methyl sites for hydroxylation is 1. The number of sulfonamides is 1. The molecular formula is C11H18N2O4S2. The monoisotopic (exact) mass is 306 g/mol. The highest BCUT2D eigenvalue weighted by atomic mass is 32.2. The van der Waals surface area contributed by atoms with Gasteiger partial charge in [0.15, 0.2) is 0 Å². The highest BCUT2D eigenvalue weighted by molar-refractivity contribution is 7.90. The van der Waals surface area contributed by atoms with Gasteiger partial charge in [0.1, 0.15) is 14.7 Å². The quantitative estimate of drug-likeness (QED) is 0.580. The third-order valence-corrected chi connectivity index (χ3v) is 5.00. The Labute approximate surface area is 114 Å². The lowest BCUT2D eigenvalue weighted by Gasteiger charge is -2.09. The Bertz CT molecular complexity index is 651. The summed E-state index contributed by atoms with van der Waals surface area (Å²) in [6, 6.07) is 4.66. The molecule has 0 aliphatic carbocycles. The third kappa shape index (κ3) is 5.17. The molecule has 0 aliphatic heterocycles. The van der Waals surface area contributed by atoms with Crippen LogP contribution in [-0.4, -0.2) is 35.4 Å². The lowest BCUT2D eigenvalue weighted by molar-refractivity contribution is 0.577. The predicted molar refractivity (Wildman–Crippen MR) is 75.1 cm³/mol. The van der Waals surface area contributed by atoms with E-state index in [4.69, 9.17) is 5.73 Å². The second-order valence-electron chi connectivity index (χ2n) is 4.42. The highest BCUT2D eigenvalue weighted by Crippen LogP contribution is 2.19. The molecule has 0 bridgehead atoms. The summed E-state index contributed by atoms with van der Waals surface area (Å²) in [5, 5.41) is 0. The molecule has 0 aromatic heterocycles. The maximum absolute atomic E-state index is 11.9. The smallest absolute Gasteiger partial charge is 0.242 e. The summed E-state index contributed by atoms with van der Waals surface area (Å²) in [5.74, 6) is -0.0566. The van der Waals surface area contributed by atoms with E-state index < -0.39 is 19.9 Å². The number of nitrogens with one attached hydrogen (secondary N) is 1. The number of anilines is 1. The number of nitrogens with two attached hydrogens (primary N) is 1. The fourth-order valence-corrected chi connectivity index (χ4v) is 3.38. The van der Waals surface area contributed by atoms with Gasteiger partial charge in [0.25, 0.3) is 0 Å². The van der Waals surface area contributed by atoms with Gasteiger partial charge in [0.2, 0.25) is 10.0 Å². The molecule has 6 nitrogen and oxygen atoms in total. The second-order valence-corrected chi connectivity index (χ2v) is 8.42. The van der Waals surface area contributed by atoms with Crippen LogP contribution in [-0.2, 0) is 19.9 Å². The number of benzene rings is 1. The topological polar surface area (TPSA) is 106 Å². The molecule has 0 fully saturated rings. The van der Waals surface area contributed by atoms with Gasteiger partial charge < -0.3 is 5.73 Å². The van der Waals surface area contributed by atoms with Gasteiger partial charge in [-0.25, -0.2) is 21.6 Å². The van der Waals surface area contributed by atoms with E-state index in [-0.39, 0.29) is 29.3 Å². The summed E-state index contributed by atoms with van der Waals surface area (Å²) in [6.45, 7) is 1.87. The fourth-order valence-electron chi connectivity index (χ4n) is 1.53. The molecule has 0 heterocycles. The Morgan fingerprint density at radius 1 is 1.21 bits per heavy atom. The number of nitrogen functional groups attached to an aromatic ring is 1. The molecule has 19 heavy (non-hydrogen) atoms. The van der Waals surface area contributed by atoms with E-state index in [0.717, 1.165) is 11.8 Å². The molecule has 1 aromatic rings. The SMILES string of the molecule is Cc1ccc(S(=O)(=O)NCCCS(C)(=O)=O)c(N)c1. The van der Waals surface area contributed by atoms with E-state index in [2.05, 4.69) is 4.72 Å². The lowest BCUT2D eigenvalue weighted by atomic mass is 10.2. The molecule has 8 heteroatoms. The summed E-state index contributed by atoms with van der Waals surface area (Å²) >= 11 is 0. The fraction of sp³-hybridized carbons (Fsp3) is 0.455. The Balaban J connectivity index is 2.71. The zero-order chi connectivity index (χ0) is 14.7. The molecule has 1 aromatic carbocycles. The van der Waals surface area contributed by atoms with Crippen molar-refractivity contribution in [1.82, 2.24) is 4.72 Å². The summed E-state index contributed by atoms with van der Waals surface area (Å²) in [7, 11) is -6.78. The van der Waals surface area contributed by atoms with Gasteiger partial charge in [-0.2, -0.15) is 0 Å². The minimum absolute atomic E-state index is 0.0115. The summed E-state index contributed by atoms with van der Waals surface area (Å²) in [4.78, 5) is 0.0115. The molecule has 0 unspecified atom stereocenters. The van der Waals surface area contributed by atoms with Crippen molar-refractivity contribution in [3.63, 3.8) is 0 Å². The van der Waals surface area contributed by atoms with Crippen molar-refractivity contribution in [3.8, 4) is 0 Å². The van der Waals surface area contributed by atoms with Gasteiger partial charge in [-0.15, -0.1) is 0 Å². The first kappa shape index (κ1) is 15.9. The molecule has 108 valence electrons. The molecule has 1 rings (SSSR count). The van der Waals surface area contributed by atoms with Crippen LogP contribution in [0.3, 0.4) is 0 Å². The molecular weight excluding hydrogens is 288 g/mol. The molecule has 0 amide bonds. The van der Waals surface area contributed by atoms with Crippen LogP contribution in [0.25, 0.3) is 0 Å². The first-order chi connectivity index (χ1) is 8.62. The average Bonchev–Trinajstić information content (AvgIpc) is 2.22. The Morgan fingerprint density at radius 3 is 2.37 bits per heavy atom. The zero-order valence-electron chi connectivity index (χ0n) is 10.9. The van der Waals surface area contributed by atoms with E-state index in [1.54, 1.807) is 12.1 Å².